The van der Waals surface area contributed by atoms with Gasteiger partial charge in [-0.3, -0.25) is 10.1 Å². The Balaban J connectivity index is 1.96. The number of sulfonamides is 1. The summed E-state index contributed by atoms with van der Waals surface area (Å²) in [4.78, 5) is 35.5. The number of ether oxygens (including phenoxy) is 1. The molecule has 32 heavy (non-hydrogen) atoms. The third-order valence-corrected chi connectivity index (χ3v) is 6.43. The molecule has 3 amide bonds. The van der Waals surface area contributed by atoms with E-state index >= 15 is 0 Å². The number of esters is 1. The largest absolute Gasteiger partial charge is 0.452 e. The molecule has 2 rings (SSSR count). The summed E-state index contributed by atoms with van der Waals surface area (Å²) in [5.74, 6) is -3.18. The zero-order valence-corrected chi connectivity index (χ0v) is 18.4. The fourth-order valence-electron chi connectivity index (χ4n) is 2.73. The first-order valence-corrected chi connectivity index (χ1v) is 11.2. The Hall–Kier alpha value is -3.31. The molecule has 2 aromatic carbocycles. The lowest BCUT2D eigenvalue weighted by molar-refractivity contribution is -0.123. The number of carbonyl (C=O) groups excluding carboxylic acids is 3. The normalized spacial score (nSPS) is 11.1. The third-order valence-electron chi connectivity index (χ3n) is 4.38. The predicted octanol–water partition coefficient (Wildman–Crippen LogP) is 2.04. The average Bonchev–Trinajstić information content (AvgIpc) is 2.77. The fraction of sp³-hybridized carbons (Fsp3) is 0.286. The van der Waals surface area contributed by atoms with E-state index in [0.717, 1.165) is 28.1 Å². The number of hydrogen-bond acceptors (Lipinski definition) is 6. The molecule has 9 nitrogen and oxygen atoms in total. The Morgan fingerprint density at radius 2 is 1.69 bits per heavy atom. The maximum absolute atomic E-state index is 14.1. The van der Waals surface area contributed by atoms with Gasteiger partial charge in [-0.25, -0.2) is 22.4 Å². The van der Waals surface area contributed by atoms with Crippen LogP contribution < -0.4 is 10.6 Å². The molecule has 0 aromatic heterocycles. The number of urea groups is 1. The fourth-order valence-corrected chi connectivity index (χ4v) is 4.21. The monoisotopic (exact) mass is 465 g/mol. The van der Waals surface area contributed by atoms with Gasteiger partial charge in [0.05, 0.1) is 10.5 Å². The van der Waals surface area contributed by atoms with Crippen molar-refractivity contribution < 1.29 is 31.9 Å². The smallest absolute Gasteiger partial charge is 0.341 e. The molecule has 172 valence electrons. The van der Waals surface area contributed by atoms with E-state index in [4.69, 9.17) is 4.74 Å². The highest BCUT2D eigenvalue weighted by atomic mass is 32.2. The maximum atomic E-state index is 14.1. The number of nitrogens with zero attached hydrogens (tertiary/aromatic N) is 1. The summed E-state index contributed by atoms with van der Waals surface area (Å²) >= 11 is 0. The Bertz CT molecular complexity index is 1070. The summed E-state index contributed by atoms with van der Waals surface area (Å²) in [7, 11) is -3.92. The van der Waals surface area contributed by atoms with Gasteiger partial charge < -0.3 is 10.1 Å². The maximum Gasteiger partial charge on any atom is 0.341 e. The molecule has 0 bridgehead atoms. The van der Waals surface area contributed by atoms with Gasteiger partial charge in [-0.15, -0.1) is 0 Å². The summed E-state index contributed by atoms with van der Waals surface area (Å²) in [6.07, 6.45) is 0. The molecule has 0 radical (unpaired) electrons. The molecule has 0 atom stereocenters. The molecule has 0 saturated heterocycles. The van der Waals surface area contributed by atoms with E-state index in [1.54, 1.807) is 38.1 Å². The van der Waals surface area contributed by atoms with Crippen LogP contribution in [-0.4, -0.2) is 50.3 Å². The first kappa shape index (κ1) is 25.0. The lowest BCUT2D eigenvalue weighted by Crippen LogP contribution is -2.41. The van der Waals surface area contributed by atoms with Gasteiger partial charge in [-0.05, 0) is 23.8 Å². The predicted molar refractivity (Wildman–Crippen MR) is 114 cm³/mol. The number of carbonyl (C=O) groups is 3. The van der Waals surface area contributed by atoms with Crippen LogP contribution >= 0.6 is 0 Å². The number of rotatable bonds is 9. The Kier molecular flexibility index (Phi) is 8.85. The van der Waals surface area contributed by atoms with E-state index < -0.39 is 45.9 Å². The Morgan fingerprint density at radius 1 is 1.03 bits per heavy atom. The third kappa shape index (κ3) is 6.59. The number of benzene rings is 2. The zero-order valence-electron chi connectivity index (χ0n) is 17.6. The first-order valence-electron chi connectivity index (χ1n) is 9.77. The van der Waals surface area contributed by atoms with Crippen molar-refractivity contribution in [2.45, 2.75) is 25.3 Å². The standard InChI is InChI=1S/C21H24FN3O6S/c1-3-25(4-2)32(29,30)16-10-11-18(22)17(12-16)20(27)31-14-19(26)24-21(28)23-13-15-8-6-5-7-9-15/h5-12H,3-4,13-14H2,1-2H3,(H2,23,24,26,28). The van der Waals surface area contributed by atoms with Crippen LogP contribution in [0, 0.1) is 5.82 Å². The lowest BCUT2D eigenvalue weighted by atomic mass is 10.2. The molecule has 0 aliphatic rings. The van der Waals surface area contributed by atoms with Crippen LogP contribution in [-0.2, 0) is 26.1 Å². The van der Waals surface area contributed by atoms with E-state index in [9.17, 15) is 27.2 Å². The van der Waals surface area contributed by atoms with Crippen molar-refractivity contribution in [3.8, 4) is 0 Å². The molecule has 2 N–H and O–H groups in total. The van der Waals surface area contributed by atoms with Crippen molar-refractivity contribution in [1.82, 2.24) is 14.9 Å². The number of nitrogens with one attached hydrogen (secondary N) is 2. The van der Waals surface area contributed by atoms with Crippen LogP contribution in [0.15, 0.2) is 53.4 Å². The summed E-state index contributed by atoms with van der Waals surface area (Å²) in [5, 5.41) is 4.44. The minimum atomic E-state index is -3.92. The Labute approximate surface area is 185 Å². The van der Waals surface area contributed by atoms with Crippen LogP contribution in [0.2, 0.25) is 0 Å². The molecule has 0 aliphatic carbocycles. The van der Waals surface area contributed by atoms with Gasteiger partial charge in [-0.1, -0.05) is 44.2 Å². The van der Waals surface area contributed by atoms with Crippen LogP contribution in [0.4, 0.5) is 9.18 Å². The minimum Gasteiger partial charge on any atom is -0.452 e. The van der Waals surface area contributed by atoms with E-state index in [1.807, 2.05) is 11.4 Å². The van der Waals surface area contributed by atoms with Crippen molar-refractivity contribution in [3.63, 3.8) is 0 Å². The highest BCUT2D eigenvalue weighted by Crippen LogP contribution is 2.20. The van der Waals surface area contributed by atoms with Gasteiger partial charge in [0, 0.05) is 19.6 Å². The topological polar surface area (TPSA) is 122 Å². The molecule has 2 aromatic rings. The number of hydrogen-bond donors (Lipinski definition) is 2. The number of imide groups is 1. The molecular formula is C21H24FN3O6S. The van der Waals surface area contributed by atoms with Gasteiger partial charge in [-0.2, -0.15) is 4.31 Å². The molecule has 0 aliphatic heterocycles. The molecule has 0 saturated carbocycles. The lowest BCUT2D eigenvalue weighted by Gasteiger charge is -2.18. The van der Waals surface area contributed by atoms with Crippen LogP contribution in [0.1, 0.15) is 29.8 Å². The van der Waals surface area contributed by atoms with Crippen molar-refractivity contribution in [1.29, 1.82) is 0 Å². The molecule has 0 heterocycles. The first-order chi connectivity index (χ1) is 15.2. The average molecular weight is 466 g/mol. The second kappa shape index (κ2) is 11.3. The summed E-state index contributed by atoms with van der Waals surface area (Å²) in [5.41, 5.74) is 0.177. The molecule has 0 spiro atoms. The van der Waals surface area contributed by atoms with Crippen molar-refractivity contribution in [2.24, 2.45) is 0 Å². The SMILES string of the molecule is CCN(CC)S(=O)(=O)c1ccc(F)c(C(=O)OCC(=O)NC(=O)NCc2ccccc2)c1. The van der Waals surface area contributed by atoms with E-state index in [0.29, 0.717) is 0 Å². The molecular weight excluding hydrogens is 441 g/mol. The van der Waals surface area contributed by atoms with Gasteiger partial charge in [0.25, 0.3) is 5.91 Å². The highest BCUT2D eigenvalue weighted by Gasteiger charge is 2.25. The van der Waals surface area contributed by atoms with Gasteiger partial charge in [0.15, 0.2) is 6.61 Å². The van der Waals surface area contributed by atoms with Crippen molar-refractivity contribution in [3.05, 3.63) is 65.5 Å². The summed E-state index contributed by atoms with van der Waals surface area (Å²) < 4.78 is 45.1. The molecule has 0 unspecified atom stereocenters. The van der Waals surface area contributed by atoms with E-state index in [-0.39, 0.29) is 24.5 Å². The van der Waals surface area contributed by atoms with Gasteiger partial charge in [0.2, 0.25) is 10.0 Å². The minimum absolute atomic E-state index is 0.179. The van der Waals surface area contributed by atoms with Crippen LogP contribution in [0.25, 0.3) is 0 Å². The number of halogens is 1. The van der Waals surface area contributed by atoms with Gasteiger partial charge >= 0.3 is 12.0 Å². The summed E-state index contributed by atoms with van der Waals surface area (Å²) in [6, 6.07) is 10.9. The van der Waals surface area contributed by atoms with E-state index in [2.05, 4.69) is 5.32 Å². The van der Waals surface area contributed by atoms with Crippen LogP contribution in [0.3, 0.4) is 0 Å². The second-order valence-corrected chi connectivity index (χ2v) is 8.46. The summed E-state index contributed by atoms with van der Waals surface area (Å²) in [6.45, 7) is 3.01. The van der Waals surface area contributed by atoms with Gasteiger partial charge in [0.1, 0.15) is 5.82 Å². The quantitative estimate of drug-likeness (QED) is 0.547. The Morgan fingerprint density at radius 3 is 2.31 bits per heavy atom. The molecule has 0 fully saturated rings. The number of amides is 3. The van der Waals surface area contributed by atoms with Crippen LogP contribution in [0.5, 0.6) is 0 Å². The van der Waals surface area contributed by atoms with E-state index in [1.165, 1.54) is 0 Å². The highest BCUT2D eigenvalue weighted by molar-refractivity contribution is 7.89. The zero-order chi connectivity index (χ0) is 23.7. The van der Waals surface area contributed by atoms with Crippen molar-refractivity contribution in [2.75, 3.05) is 19.7 Å². The molecule has 11 heteroatoms. The second-order valence-electron chi connectivity index (χ2n) is 6.52. The van der Waals surface area contributed by atoms with Crippen molar-refractivity contribution >= 4 is 27.9 Å².